The molecule has 0 bridgehead atoms. The predicted octanol–water partition coefficient (Wildman–Crippen LogP) is 3.74. The Kier molecular flexibility index (Phi) is 3.46. The van der Waals surface area contributed by atoms with Crippen LogP contribution >= 0.6 is 0 Å². The van der Waals surface area contributed by atoms with Crippen LogP contribution in [0.2, 0.25) is 0 Å². The lowest BCUT2D eigenvalue weighted by Gasteiger charge is -2.04. The molecule has 17 heavy (non-hydrogen) atoms. The number of hydrogen-bond donors (Lipinski definition) is 0. The largest absolute Gasteiger partial charge is 0.255 e. The molecule has 84 valence electrons. The van der Waals surface area contributed by atoms with E-state index in [0.717, 1.165) is 16.8 Å². The quantitative estimate of drug-likeness (QED) is 0.726. The van der Waals surface area contributed by atoms with E-state index in [4.69, 9.17) is 0 Å². The van der Waals surface area contributed by atoms with Crippen LogP contribution in [0.4, 0.5) is 0 Å². The maximum Gasteiger partial charge on any atom is 0.0964 e. The highest BCUT2D eigenvalue weighted by atomic mass is 14.8. The predicted molar refractivity (Wildman–Crippen MR) is 73.3 cm³/mol. The summed E-state index contributed by atoms with van der Waals surface area (Å²) in [6, 6.07) is 10.2. The van der Waals surface area contributed by atoms with E-state index in [2.05, 4.69) is 28.7 Å². The van der Waals surface area contributed by atoms with E-state index in [1.807, 2.05) is 37.3 Å². The van der Waals surface area contributed by atoms with Gasteiger partial charge in [-0.15, -0.1) is 0 Å². The van der Waals surface area contributed by atoms with E-state index >= 15 is 0 Å². The Balaban J connectivity index is 2.69. The third-order valence-electron chi connectivity index (χ3n) is 2.47. The van der Waals surface area contributed by atoms with E-state index in [0.29, 0.717) is 0 Å². The smallest absolute Gasteiger partial charge is 0.0964 e. The second-order valence-corrected chi connectivity index (χ2v) is 3.58. The van der Waals surface area contributed by atoms with Crippen molar-refractivity contribution in [2.45, 2.75) is 6.92 Å². The Morgan fingerprint density at radius 1 is 1.29 bits per heavy atom. The van der Waals surface area contributed by atoms with Gasteiger partial charge in [0.1, 0.15) is 0 Å². The molecule has 2 rings (SSSR count). The minimum atomic E-state index is 0.833. The highest BCUT2D eigenvalue weighted by Crippen LogP contribution is 2.17. The van der Waals surface area contributed by atoms with Gasteiger partial charge in [0.2, 0.25) is 0 Å². The number of aromatic nitrogens is 1. The second-order valence-electron chi connectivity index (χ2n) is 3.58. The molecule has 0 spiro atoms. The van der Waals surface area contributed by atoms with Gasteiger partial charge < -0.3 is 0 Å². The fraction of sp³-hybridized carbons (Fsp3) is 0.0667. The van der Waals surface area contributed by atoms with Gasteiger partial charge in [-0.25, -0.2) is 0 Å². The van der Waals surface area contributed by atoms with Gasteiger partial charge in [-0.1, -0.05) is 36.9 Å². The SMILES string of the molecule is C=CN=C(/C=C\C)c1nccc2ccccc12. The van der Waals surface area contributed by atoms with E-state index < -0.39 is 0 Å². The number of fused-ring (bicyclic) bond motifs is 1. The summed E-state index contributed by atoms with van der Waals surface area (Å²) in [6.07, 6.45) is 7.24. The molecule has 0 saturated carbocycles. The lowest BCUT2D eigenvalue weighted by atomic mass is 10.1. The molecule has 0 saturated heterocycles. The molecule has 0 atom stereocenters. The number of rotatable bonds is 3. The van der Waals surface area contributed by atoms with Crippen LogP contribution in [-0.4, -0.2) is 10.7 Å². The minimum absolute atomic E-state index is 0.833. The lowest BCUT2D eigenvalue weighted by Crippen LogP contribution is -2.00. The molecule has 2 heteroatoms. The number of aliphatic imine (C=N–C) groups is 1. The molecule has 1 aromatic carbocycles. The van der Waals surface area contributed by atoms with Gasteiger partial charge >= 0.3 is 0 Å². The molecule has 0 radical (unpaired) electrons. The summed E-state index contributed by atoms with van der Waals surface area (Å²) in [7, 11) is 0. The average molecular weight is 222 g/mol. The standard InChI is InChI=1S/C15H14N2/c1-3-7-14(16-4-2)15-13-9-6-5-8-12(13)10-11-17-15/h3-11H,2H2,1H3/b7-3-,16-14?. The molecular weight excluding hydrogens is 208 g/mol. The fourth-order valence-corrected chi connectivity index (χ4v) is 1.76. The molecule has 0 aliphatic heterocycles. The van der Waals surface area contributed by atoms with E-state index in [-0.39, 0.29) is 0 Å². The molecule has 0 aliphatic carbocycles. The zero-order valence-electron chi connectivity index (χ0n) is 9.80. The summed E-state index contributed by atoms with van der Waals surface area (Å²) < 4.78 is 0. The van der Waals surface area contributed by atoms with Gasteiger partial charge in [0, 0.05) is 17.8 Å². The highest BCUT2D eigenvalue weighted by molar-refractivity contribution is 6.15. The van der Waals surface area contributed by atoms with Crippen LogP contribution in [0.3, 0.4) is 0 Å². The first-order valence-electron chi connectivity index (χ1n) is 5.52. The van der Waals surface area contributed by atoms with Crippen LogP contribution in [-0.2, 0) is 0 Å². The van der Waals surface area contributed by atoms with Crippen molar-refractivity contribution in [3.05, 3.63) is 67.2 Å². The van der Waals surface area contributed by atoms with Crippen molar-refractivity contribution < 1.29 is 0 Å². The van der Waals surface area contributed by atoms with Gasteiger partial charge in [0.15, 0.2) is 0 Å². The normalized spacial score (nSPS) is 12.2. The first-order valence-corrected chi connectivity index (χ1v) is 5.52. The monoisotopic (exact) mass is 222 g/mol. The van der Waals surface area contributed by atoms with Crippen LogP contribution in [0.5, 0.6) is 0 Å². The van der Waals surface area contributed by atoms with Gasteiger partial charge in [0.25, 0.3) is 0 Å². The summed E-state index contributed by atoms with van der Waals surface area (Å²) in [5.74, 6) is 0. The molecule has 1 aromatic heterocycles. The minimum Gasteiger partial charge on any atom is -0.255 e. The molecule has 0 aliphatic rings. The van der Waals surface area contributed by atoms with Crippen molar-refractivity contribution in [3.63, 3.8) is 0 Å². The van der Waals surface area contributed by atoms with Crippen molar-refractivity contribution in [3.8, 4) is 0 Å². The lowest BCUT2D eigenvalue weighted by molar-refractivity contribution is 1.32. The van der Waals surface area contributed by atoms with Crippen LogP contribution in [0, 0.1) is 0 Å². The van der Waals surface area contributed by atoms with Crippen molar-refractivity contribution >= 4 is 16.5 Å². The van der Waals surface area contributed by atoms with Crippen LogP contribution < -0.4 is 0 Å². The number of benzene rings is 1. The number of pyridine rings is 1. The maximum atomic E-state index is 4.41. The molecular formula is C15H14N2. The van der Waals surface area contributed by atoms with E-state index in [1.165, 1.54) is 5.39 Å². The summed E-state index contributed by atoms with van der Waals surface area (Å²) in [5, 5.41) is 2.27. The zero-order valence-corrected chi connectivity index (χ0v) is 9.80. The summed E-state index contributed by atoms with van der Waals surface area (Å²) in [6.45, 7) is 5.60. The van der Waals surface area contributed by atoms with Gasteiger partial charge in [-0.2, -0.15) is 0 Å². The van der Waals surface area contributed by atoms with Crippen LogP contribution in [0.1, 0.15) is 12.6 Å². The third kappa shape index (κ3) is 2.31. The third-order valence-corrected chi connectivity index (χ3v) is 2.47. The number of allylic oxidation sites excluding steroid dienone is 2. The maximum absolute atomic E-state index is 4.41. The molecule has 0 fully saturated rings. The zero-order chi connectivity index (χ0) is 12.1. The molecule has 2 nitrogen and oxygen atoms in total. The number of hydrogen-bond acceptors (Lipinski definition) is 2. The van der Waals surface area contributed by atoms with Crippen molar-refractivity contribution in [2.75, 3.05) is 0 Å². The summed E-state index contributed by atoms with van der Waals surface area (Å²) in [5.41, 5.74) is 1.72. The Morgan fingerprint density at radius 2 is 2.12 bits per heavy atom. The molecule has 0 unspecified atom stereocenters. The van der Waals surface area contributed by atoms with Crippen molar-refractivity contribution in [2.24, 2.45) is 4.99 Å². The first-order chi connectivity index (χ1) is 8.36. The highest BCUT2D eigenvalue weighted by Gasteiger charge is 2.05. The van der Waals surface area contributed by atoms with Gasteiger partial charge in [-0.3, -0.25) is 9.98 Å². The Hall–Kier alpha value is -2.22. The van der Waals surface area contributed by atoms with E-state index in [9.17, 15) is 0 Å². The summed E-state index contributed by atoms with van der Waals surface area (Å²) >= 11 is 0. The van der Waals surface area contributed by atoms with Gasteiger partial charge in [-0.05, 0) is 24.5 Å². The van der Waals surface area contributed by atoms with E-state index in [1.54, 1.807) is 12.4 Å². The van der Waals surface area contributed by atoms with Crippen molar-refractivity contribution in [1.29, 1.82) is 0 Å². The topological polar surface area (TPSA) is 25.2 Å². The first kappa shape index (κ1) is 11.3. The fourth-order valence-electron chi connectivity index (χ4n) is 1.76. The molecule has 1 heterocycles. The van der Waals surface area contributed by atoms with Crippen LogP contribution in [0.15, 0.2) is 66.5 Å². The summed E-state index contributed by atoms with van der Waals surface area (Å²) in [4.78, 5) is 8.68. The van der Waals surface area contributed by atoms with Crippen LogP contribution in [0.25, 0.3) is 10.8 Å². The van der Waals surface area contributed by atoms with Gasteiger partial charge in [0.05, 0.1) is 11.4 Å². The molecule has 0 amide bonds. The second kappa shape index (κ2) is 5.21. The Bertz CT molecular complexity index is 589. The Morgan fingerprint density at radius 3 is 2.88 bits per heavy atom. The Labute approximate surface area is 101 Å². The molecule has 0 N–H and O–H groups in total. The molecule has 2 aromatic rings. The number of nitrogens with zero attached hydrogens (tertiary/aromatic N) is 2. The van der Waals surface area contributed by atoms with Crippen molar-refractivity contribution in [1.82, 2.24) is 4.98 Å². The average Bonchev–Trinajstić information content (AvgIpc) is 2.38.